The molecule has 0 radical (unpaired) electrons. The minimum atomic E-state index is -0.942. The number of benzene rings is 1. The van der Waals surface area contributed by atoms with Crippen LogP contribution in [0.25, 0.3) is 11.4 Å². The summed E-state index contributed by atoms with van der Waals surface area (Å²) in [5.41, 5.74) is 1.03. The summed E-state index contributed by atoms with van der Waals surface area (Å²) in [7, 11) is 0. The number of halogens is 1. The highest BCUT2D eigenvalue weighted by atomic mass is 35.5. The Morgan fingerprint density at radius 1 is 0.893 bits per heavy atom. The third kappa shape index (κ3) is 8.70. The van der Waals surface area contributed by atoms with Crippen molar-refractivity contribution < 1.29 is 14.6 Å². The van der Waals surface area contributed by atoms with E-state index in [9.17, 15) is 4.79 Å². The predicted molar refractivity (Wildman–Crippen MR) is 114 cm³/mol. The molecule has 2 rings (SSSR count). The fourth-order valence-electron chi connectivity index (χ4n) is 2.90. The number of nitrogens with zero attached hydrogens (tertiary/aromatic N) is 2. The van der Waals surface area contributed by atoms with E-state index >= 15 is 0 Å². The highest BCUT2D eigenvalue weighted by Crippen LogP contribution is 2.18. The third-order valence-electron chi connectivity index (χ3n) is 4.53. The number of aromatic nitrogens is 2. The summed E-state index contributed by atoms with van der Waals surface area (Å²) in [6.07, 6.45) is 14.9. The number of ether oxygens (including phenoxy) is 1. The topological polar surface area (TPSA) is 72.3 Å². The summed E-state index contributed by atoms with van der Waals surface area (Å²) in [6, 6.07) is 6.52. The Balaban J connectivity index is 0.00000392. The number of carbonyl (C=O) groups is 1. The molecule has 0 bridgehead atoms. The van der Waals surface area contributed by atoms with E-state index in [4.69, 9.17) is 9.84 Å². The van der Waals surface area contributed by atoms with E-state index in [0.717, 1.165) is 12.0 Å². The Morgan fingerprint density at radius 2 is 1.43 bits per heavy atom. The maximum Gasteiger partial charge on any atom is 0.335 e. The van der Waals surface area contributed by atoms with Gasteiger partial charge in [0.25, 0.3) is 0 Å². The van der Waals surface area contributed by atoms with Gasteiger partial charge in [0.1, 0.15) is 0 Å². The van der Waals surface area contributed by atoms with Crippen LogP contribution in [0.4, 0.5) is 0 Å². The van der Waals surface area contributed by atoms with E-state index in [2.05, 4.69) is 16.9 Å². The van der Waals surface area contributed by atoms with Crippen LogP contribution >= 0.6 is 12.4 Å². The molecule has 5 nitrogen and oxygen atoms in total. The van der Waals surface area contributed by atoms with Crippen LogP contribution in [0.15, 0.2) is 36.7 Å². The maximum absolute atomic E-state index is 10.9. The largest absolute Gasteiger partial charge is 0.490 e. The second kappa shape index (κ2) is 13.9. The maximum atomic E-state index is 10.9. The zero-order valence-corrected chi connectivity index (χ0v) is 17.4. The van der Waals surface area contributed by atoms with Gasteiger partial charge in [-0.2, -0.15) is 0 Å². The molecule has 1 heterocycles. The molecule has 1 N–H and O–H groups in total. The molecule has 0 saturated carbocycles. The molecule has 2 aromatic rings. The minimum Gasteiger partial charge on any atom is -0.490 e. The lowest BCUT2D eigenvalue weighted by Gasteiger charge is -2.06. The lowest BCUT2D eigenvalue weighted by molar-refractivity contribution is 0.0697. The van der Waals surface area contributed by atoms with Gasteiger partial charge in [-0.15, -0.1) is 12.4 Å². The summed E-state index contributed by atoms with van der Waals surface area (Å²) in [5.74, 6) is 0.283. The molecule has 0 aliphatic rings. The number of rotatable bonds is 13. The smallest absolute Gasteiger partial charge is 0.335 e. The lowest BCUT2D eigenvalue weighted by atomic mass is 10.1. The average Bonchev–Trinajstić information content (AvgIpc) is 2.70. The zero-order valence-electron chi connectivity index (χ0n) is 16.6. The molecule has 0 fully saturated rings. The molecule has 1 aromatic carbocycles. The van der Waals surface area contributed by atoms with Gasteiger partial charge in [0, 0.05) is 5.56 Å². The van der Waals surface area contributed by atoms with Crippen LogP contribution in [0.3, 0.4) is 0 Å². The number of unbranched alkanes of at least 4 members (excludes halogenated alkanes) is 8. The summed E-state index contributed by atoms with van der Waals surface area (Å²) < 4.78 is 5.70. The lowest BCUT2D eigenvalue weighted by Crippen LogP contribution is -1.99. The predicted octanol–water partition coefficient (Wildman–Crippen LogP) is 6.17. The number of aromatic carboxylic acids is 1. The molecule has 0 saturated heterocycles. The van der Waals surface area contributed by atoms with Gasteiger partial charge in [-0.25, -0.2) is 14.8 Å². The summed E-state index contributed by atoms with van der Waals surface area (Å²) >= 11 is 0. The molecule has 1 aromatic heterocycles. The number of hydrogen-bond donors (Lipinski definition) is 1. The molecular weight excluding hydrogens is 376 g/mol. The quantitative estimate of drug-likeness (QED) is 0.402. The second-order valence-corrected chi connectivity index (χ2v) is 6.80. The van der Waals surface area contributed by atoms with Gasteiger partial charge in [0.15, 0.2) is 11.6 Å². The van der Waals surface area contributed by atoms with E-state index in [1.54, 1.807) is 36.7 Å². The molecular formula is C22H31ClN2O3. The molecule has 154 valence electrons. The van der Waals surface area contributed by atoms with Crippen molar-refractivity contribution in [2.24, 2.45) is 0 Å². The van der Waals surface area contributed by atoms with Crippen molar-refractivity contribution in [1.29, 1.82) is 0 Å². The number of hydrogen-bond acceptors (Lipinski definition) is 4. The second-order valence-electron chi connectivity index (χ2n) is 6.80. The standard InChI is InChI=1S/C22H30N2O3.ClH/c1-2-3-4-5-6-7-8-9-10-15-27-20-16-23-21(24-17-20)18-11-13-19(14-12-18)22(25)26;/h11-14,16-17H,2-10,15H2,1H3,(H,25,26);1H. The third-order valence-corrected chi connectivity index (χ3v) is 4.53. The monoisotopic (exact) mass is 406 g/mol. The van der Waals surface area contributed by atoms with Crippen LogP contribution in [0, 0.1) is 0 Å². The molecule has 0 unspecified atom stereocenters. The SMILES string of the molecule is CCCCCCCCCCCOc1cnc(-c2ccc(C(=O)O)cc2)nc1.Cl. The van der Waals surface area contributed by atoms with Crippen molar-refractivity contribution in [2.75, 3.05) is 6.61 Å². The van der Waals surface area contributed by atoms with Gasteiger partial charge in [-0.3, -0.25) is 0 Å². The molecule has 6 heteroatoms. The van der Waals surface area contributed by atoms with E-state index < -0.39 is 5.97 Å². The van der Waals surface area contributed by atoms with Gasteiger partial charge >= 0.3 is 5.97 Å². The van der Waals surface area contributed by atoms with Gasteiger partial charge in [-0.1, -0.05) is 70.4 Å². The molecule has 0 aliphatic heterocycles. The molecule has 28 heavy (non-hydrogen) atoms. The van der Waals surface area contributed by atoms with Crippen molar-refractivity contribution in [2.45, 2.75) is 64.7 Å². The normalized spacial score (nSPS) is 10.3. The average molecular weight is 407 g/mol. The van der Waals surface area contributed by atoms with Gasteiger partial charge in [0.2, 0.25) is 0 Å². The number of carboxylic acids is 1. The van der Waals surface area contributed by atoms with E-state index in [1.807, 2.05) is 0 Å². The van der Waals surface area contributed by atoms with E-state index in [1.165, 1.54) is 51.4 Å². The fraction of sp³-hybridized carbons (Fsp3) is 0.500. The van der Waals surface area contributed by atoms with Crippen molar-refractivity contribution >= 4 is 18.4 Å². The fourth-order valence-corrected chi connectivity index (χ4v) is 2.90. The van der Waals surface area contributed by atoms with Crippen LogP contribution < -0.4 is 4.74 Å². The van der Waals surface area contributed by atoms with Gasteiger partial charge < -0.3 is 9.84 Å². The van der Waals surface area contributed by atoms with Crippen molar-refractivity contribution in [3.05, 3.63) is 42.2 Å². The Labute approximate surface area is 174 Å². The minimum absolute atomic E-state index is 0. The van der Waals surface area contributed by atoms with Crippen LogP contribution in [0.2, 0.25) is 0 Å². The zero-order chi connectivity index (χ0) is 19.3. The van der Waals surface area contributed by atoms with Crippen molar-refractivity contribution in [3.8, 4) is 17.1 Å². The van der Waals surface area contributed by atoms with Crippen LogP contribution in [0.1, 0.15) is 75.1 Å². The van der Waals surface area contributed by atoms with Crippen LogP contribution in [-0.2, 0) is 0 Å². The Bertz CT molecular complexity index is 675. The van der Waals surface area contributed by atoms with Crippen molar-refractivity contribution in [3.63, 3.8) is 0 Å². The highest BCUT2D eigenvalue weighted by Gasteiger charge is 2.05. The Kier molecular flexibility index (Phi) is 11.9. The summed E-state index contributed by atoms with van der Waals surface area (Å²) in [4.78, 5) is 19.5. The molecule has 0 amide bonds. The molecule has 0 spiro atoms. The first-order valence-electron chi connectivity index (χ1n) is 9.99. The Morgan fingerprint density at radius 3 is 1.96 bits per heavy atom. The highest BCUT2D eigenvalue weighted by molar-refractivity contribution is 5.88. The number of carboxylic acid groups (broad SMARTS) is 1. The van der Waals surface area contributed by atoms with Crippen molar-refractivity contribution in [1.82, 2.24) is 9.97 Å². The Hall–Kier alpha value is -2.14. The van der Waals surface area contributed by atoms with E-state index in [-0.39, 0.29) is 18.0 Å². The van der Waals surface area contributed by atoms with Gasteiger partial charge in [-0.05, 0) is 18.6 Å². The summed E-state index contributed by atoms with van der Waals surface area (Å²) in [5, 5.41) is 8.93. The van der Waals surface area contributed by atoms with E-state index in [0.29, 0.717) is 18.2 Å². The first kappa shape index (κ1) is 23.9. The first-order chi connectivity index (χ1) is 13.2. The first-order valence-corrected chi connectivity index (χ1v) is 9.99. The van der Waals surface area contributed by atoms with Gasteiger partial charge in [0.05, 0.1) is 24.6 Å². The summed E-state index contributed by atoms with van der Waals surface area (Å²) in [6.45, 7) is 2.93. The van der Waals surface area contributed by atoms with Crippen LogP contribution in [-0.4, -0.2) is 27.7 Å². The molecule has 0 atom stereocenters. The molecule has 0 aliphatic carbocycles. The van der Waals surface area contributed by atoms with Crippen LogP contribution in [0.5, 0.6) is 5.75 Å².